The van der Waals surface area contributed by atoms with Crippen molar-refractivity contribution in [2.75, 3.05) is 6.61 Å². The van der Waals surface area contributed by atoms with E-state index in [1.807, 2.05) is 18.2 Å². The van der Waals surface area contributed by atoms with Crippen molar-refractivity contribution in [3.8, 4) is 5.75 Å². The van der Waals surface area contributed by atoms with Crippen molar-refractivity contribution in [1.29, 1.82) is 0 Å². The first-order chi connectivity index (χ1) is 20.1. The number of halogens is 3. The smallest absolute Gasteiger partial charge is 0.416 e. The molecule has 2 atom stereocenters. The molecular formula is C31H34F3N3O4S. The first-order valence-corrected chi connectivity index (χ1v) is 15.6. The quantitative estimate of drug-likeness (QED) is 0.274. The second-order valence-electron chi connectivity index (χ2n) is 10.8. The summed E-state index contributed by atoms with van der Waals surface area (Å²) in [4.78, 5) is 12.8. The number of sulfonamides is 1. The molecule has 0 radical (unpaired) electrons. The Morgan fingerprint density at radius 3 is 2.45 bits per heavy atom. The van der Waals surface area contributed by atoms with Gasteiger partial charge in [0.25, 0.3) is 0 Å². The number of hydrogen-bond acceptors (Lipinski definition) is 5. The molecule has 3 N–H and O–H groups in total. The predicted molar refractivity (Wildman–Crippen MR) is 152 cm³/mol. The minimum absolute atomic E-state index is 0.252. The molecule has 2 aliphatic rings. The van der Waals surface area contributed by atoms with Gasteiger partial charge in [-0.2, -0.15) is 13.2 Å². The van der Waals surface area contributed by atoms with Gasteiger partial charge in [0.1, 0.15) is 5.75 Å². The summed E-state index contributed by atoms with van der Waals surface area (Å²) in [6, 6.07) is 17.2. The lowest BCUT2D eigenvalue weighted by Crippen LogP contribution is -2.36. The molecule has 1 fully saturated rings. The van der Waals surface area contributed by atoms with Crippen LogP contribution in [0.1, 0.15) is 72.9 Å². The maximum Gasteiger partial charge on any atom is 0.416 e. The van der Waals surface area contributed by atoms with Crippen LogP contribution in [0.15, 0.2) is 77.7 Å². The molecule has 0 spiro atoms. The maximum atomic E-state index is 13.3. The van der Waals surface area contributed by atoms with Crippen LogP contribution < -0.4 is 20.1 Å². The van der Waals surface area contributed by atoms with Crippen molar-refractivity contribution in [3.63, 3.8) is 0 Å². The van der Waals surface area contributed by atoms with E-state index < -0.39 is 38.6 Å². The van der Waals surface area contributed by atoms with Crippen LogP contribution in [0.3, 0.4) is 0 Å². The summed E-state index contributed by atoms with van der Waals surface area (Å²) in [6.45, 7) is 1.16. The normalized spacial score (nSPS) is 18.2. The fraction of sp³-hybridized carbons (Fsp3) is 0.387. The van der Waals surface area contributed by atoms with Gasteiger partial charge in [0.2, 0.25) is 15.9 Å². The highest BCUT2D eigenvalue weighted by Crippen LogP contribution is 2.34. The third-order valence-corrected chi connectivity index (χ3v) is 9.23. The van der Waals surface area contributed by atoms with Crippen molar-refractivity contribution in [2.45, 2.75) is 74.3 Å². The van der Waals surface area contributed by atoms with Crippen LogP contribution in [0.4, 0.5) is 13.2 Å². The zero-order valence-electron chi connectivity index (χ0n) is 23.0. The molecular weight excluding hydrogens is 567 g/mol. The van der Waals surface area contributed by atoms with E-state index in [-0.39, 0.29) is 12.5 Å². The van der Waals surface area contributed by atoms with E-state index in [4.69, 9.17) is 4.74 Å². The molecule has 1 amide bonds. The Hall–Kier alpha value is -3.41. The number of benzene rings is 3. The molecule has 0 bridgehead atoms. The van der Waals surface area contributed by atoms with Crippen molar-refractivity contribution >= 4 is 15.9 Å². The monoisotopic (exact) mass is 601 g/mol. The number of hydrogen-bond donors (Lipinski definition) is 3. The number of nitrogens with one attached hydrogen (secondary N) is 3. The first kappa shape index (κ1) is 30.1. The van der Waals surface area contributed by atoms with Gasteiger partial charge in [-0.3, -0.25) is 4.79 Å². The second kappa shape index (κ2) is 12.8. The number of alkyl halides is 3. The number of rotatable bonds is 10. The van der Waals surface area contributed by atoms with Gasteiger partial charge in [-0.25, -0.2) is 13.1 Å². The number of carbonyl (C=O) groups excluding carboxylic acids is 1. The lowest BCUT2D eigenvalue weighted by atomic mass is 9.97. The fourth-order valence-electron chi connectivity index (χ4n) is 5.53. The highest BCUT2D eigenvalue weighted by molar-refractivity contribution is 7.89. The van der Waals surface area contributed by atoms with E-state index in [1.54, 1.807) is 30.3 Å². The van der Waals surface area contributed by atoms with Crippen LogP contribution in [0.2, 0.25) is 0 Å². The van der Waals surface area contributed by atoms with Crippen LogP contribution in [-0.4, -0.2) is 27.0 Å². The van der Waals surface area contributed by atoms with Crippen molar-refractivity contribution in [1.82, 2.24) is 15.4 Å². The predicted octanol–water partition coefficient (Wildman–Crippen LogP) is 5.79. The minimum Gasteiger partial charge on any atom is -0.493 e. The van der Waals surface area contributed by atoms with Crippen LogP contribution in [0, 0.1) is 0 Å². The zero-order valence-corrected chi connectivity index (χ0v) is 23.8. The standard InChI is InChI=1S/C31H34F3N3O4S/c32-31(33,34)23-9-6-12-25(18-23)42(39,40)37-28(22-7-2-1-3-8-22)19-30(38)36-27-15-16-41-29-17-21(13-14-26(27)29)20-35-24-10-4-5-11-24/h1-3,6-9,12-14,17-18,24,27-28,35,37H,4-5,10-11,15-16,19-20H2,(H,36,38). The van der Waals surface area contributed by atoms with E-state index >= 15 is 0 Å². The lowest BCUT2D eigenvalue weighted by Gasteiger charge is -2.28. The Morgan fingerprint density at radius 2 is 1.71 bits per heavy atom. The molecule has 11 heteroatoms. The SMILES string of the molecule is O=C(CC(NS(=O)(=O)c1cccc(C(F)(F)F)c1)c1ccccc1)NC1CCOc2cc(CNC3CCCC3)ccc21. The minimum atomic E-state index is -4.70. The van der Waals surface area contributed by atoms with Crippen LogP contribution in [-0.2, 0) is 27.5 Å². The van der Waals surface area contributed by atoms with Gasteiger partial charge < -0.3 is 15.4 Å². The number of fused-ring (bicyclic) bond motifs is 1. The second-order valence-corrected chi connectivity index (χ2v) is 12.5. The molecule has 0 aromatic heterocycles. The summed E-state index contributed by atoms with van der Waals surface area (Å²) in [5, 5.41) is 6.60. The molecule has 2 unspecified atom stereocenters. The molecule has 42 heavy (non-hydrogen) atoms. The molecule has 7 nitrogen and oxygen atoms in total. The van der Waals surface area contributed by atoms with Gasteiger partial charge >= 0.3 is 6.18 Å². The Balaban J connectivity index is 1.29. The third-order valence-electron chi connectivity index (χ3n) is 7.76. The highest BCUT2D eigenvalue weighted by atomic mass is 32.2. The van der Waals surface area contributed by atoms with Crippen LogP contribution in [0.5, 0.6) is 5.75 Å². The summed E-state index contributed by atoms with van der Waals surface area (Å²) in [7, 11) is -4.39. The Kier molecular flexibility index (Phi) is 9.19. The number of amides is 1. The average Bonchev–Trinajstić information content (AvgIpc) is 3.50. The fourth-order valence-corrected chi connectivity index (χ4v) is 6.80. The molecule has 0 saturated heterocycles. The van der Waals surface area contributed by atoms with E-state index in [0.29, 0.717) is 36.4 Å². The summed E-state index contributed by atoms with van der Waals surface area (Å²) < 4.78 is 74.4. The van der Waals surface area contributed by atoms with Crippen molar-refractivity contribution in [3.05, 3.63) is 95.1 Å². The molecule has 1 aliphatic carbocycles. The lowest BCUT2D eigenvalue weighted by molar-refractivity contribution is -0.137. The molecule has 3 aromatic rings. The topological polar surface area (TPSA) is 96.5 Å². The zero-order chi connectivity index (χ0) is 29.7. The van der Waals surface area contributed by atoms with Gasteiger partial charge in [-0.05, 0) is 48.2 Å². The van der Waals surface area contributed by atoms with Gasteiger partial charge in [-0.15, -0.1) is 0 Å². The maximum absolute atomic E-state index is 13.3. The van der Waals surface area contributed by atoms with Crippen molar-refractivity contribution < 1.29 is 31.1 Å². The first-order valence-electron chi connectivity index (χ1n) is 14.1. The van der Waals surface area contributed by atoms with E-state index in [9.17, 15) is 26.4 Å². The van der Waals surface area contributed by atoms with Crippen LogP contribution >= 0.6 is 0 Å². The molecule has 5 rings (SSSR count). The van der Waals surface area contributed by atoms with E-state index in [1.165, 1.54) is 25.7 Å². The average molecular weight is 602 g/mol. The third kappa shape index (κ3) is 7.50. The van der Waals surface area contributed by atoms with E-state index in [2.05, 4.69) is 15.4 Å². The largest absolute Gasteiger partial charge is 0.493 e. The Morgan fingerprint density at radius 1 is 0.952 bits per heavy atom. The molecule has 224 valence electrons. The summed E-state index contributed by atoms with van der Waals surface area (Å²) in [6.07, 6.45) is 0.486. The number of carbonyl (C=O) groups is 1. The molecule has 1 saturated carbocycles. The van der Waals surface area contributed by atoms with Gasteiger partial charge in [0.15, 0.2) is 0 Å². The Labute approximate surface area is 243 Å². The summed E-state index contributed by atoms with van der Waals surface area (Å²) in [5.74, 6) is 0.308. The summed E-state index contributed by atoms with van der Waals surface area (Å²) in [5.41, 5.74) is 1.38. The molecule has 3 aromatic carbocycles. The number of ether oxygens (including phenoxy) is 1. The Bertz CT molecular complexity index is 1490. The molecule has 1 aliphatic heterocycles. The van der Waals surface area contributed by atoms with Crippen molar-refractivity contribution in [2.24, 2.45) is 0 Å². The van der Waals surface area contributed by atoms with Gasteiger partial charge in [0, 0.05) is 31.0 Å². The van der Waals surface area contributed by atoms with E-state index in [0.717, 1.165) is 35.9 Å². The summed E-state index contributed by atoms with van der Waals surface area (Å²) >= 11 is 0. The highest BCUT2D eigenvalue weighted by Gasteiger charge is 2.33. The molecule has 1 heterocycles. The van der Waals surface area contributed by atoms with Crippen LogP contribution in [0.25, 0.3) is 0 Å². The van der Waals surface area contributed by atoms with Gasteiger partial charge in [-0.1, -0.05) is 61.4 Å². The van der Waals surface area contributed by atoms with Gasteiger partial charge in [0.05, 0.1) is 29.1 Å².